The zero-order valence-electron chi connectivity index (χ0n) is 10.1. The van der Waals surface area contributed by atoms with E-state index >= 15 is 0 Å². The summed E-state index contributed by atoms with van der Waals surface area (Å²) < 4.78 is 0. The highest BCUT2D eigenvalue weighted by atomic mass is 15.2. The van der Waals surface area contributed by atoms with Gasteiger partial charge in [-0.05, 0) is 32.9 Å². The van der Waals surface area contributed by atoms with E-state index in [0.717, 1.165) is 18.8 Å². The van der Waals surface area contributed by atoms with E-state index in [9.17, 15) is 0 Å². The van der Waals surface area contributed by atoms with Crippen molar-refractivity contribution in [1.29, 1.82) is 0 Å². The molecule has 0 amide bonds. The Hall–Kier alpha value is -0.870. The minimum atomic E-state index is 0.642. The Bertz CT molecular complexity index is 277. The minimum Gasteiger partial charge on any atom is -0.347 e. The molecule has 0 bridgehead atoms. The number of H-pyrrole nitrogens is 1. The van der Waals surface area contributed by atoms with Gasteiger partial charge in [0.05, 0.1) is 6.33 Å². The molecular weight excluding hydrogens is 200 g/mol. The largest absolute Gasteiger partial charge is 0.347 e. The van der Waals surface area contributed by atoms with Crippen LogP contribution in [0.3, 0.4) is 0 Å². The summed E-state index contributed by atoms with van der Waals surface area (Å²) in [7, 11) is 0. The Kier molecular flexibility index (Phi) is 4.36. The van der Waals surface area contributed by atoms with Crippen molar-refractivity contribution < 1.29 is 0 Å². The van der Waals surface area contributed by atoms with Gasteiger partial charge in [-0.3, -0.25) is 4.90 Å². The van der Waals surface area contributed by atoms with E-state index in [1.165, 1.54) is 32.4 Å². The van der Waals surface area contributed by atoms with Crippen LogP contribution in [-0.4, -0.2) is 40.5 Å². The highest BCUT2D eigenvalue weighted by molar-refractivity contribution is 4.93. The molecule has 0 saturated carbocycles. The van der Waals surface area contributed by atoms with Gasteiger partial charge in [0, 0.05) is 31.0 Å². The third-order valence-corrected chi connectivity index (χ3v) is 3.32. The first-order valence-electron chi connectivity index (χ1n) is 6.28. The van der Waals surface area contributed by atoms with E-state index in [1.807, 2.05) is 6.20 Å². The van der Waals surface area contributed by atoms with Gasteiger partial charge in [-0.1, -0.05) is 6.42 Å². The SMILES string of the molecule is CC(CNCc1cnc[nH]1)N1CCCCC1. The fraction of sp³-hybridized carbons (Fsp3) is 0.750. The maximum absolute atomic E-state index is 4.00. The third-order valence-electron chi connectivity index (χ3n) is 3.32. The molecule has 1 saturated heterocycles. The number of nitrogens with one attached hydrogen (secondary N) is 2. The van der Waals surface area contributed by atoms with Gasteiger partial charge < -0.3 is 10.3 Å². The maximum atomic E-state index is 4.00. The number of rotatable bonds is 5. The number of nitrogens with zero attached hydrogens (tertiary/aromatic N) is 2. The molecule has 1 aromatic heterocycles. The molecule has 1 aromatic rings. The topological polar surface area (TPSA) is 44.0 Å². The number of likely N-dealkylation sites (tertiary alicyclic amines) is 1. The van der Waals surface area contributed by atoms with Crippen molar-refractivity contribution >= 4 is 0 Å². The van der Waals surface area contributed by atoms with Crippen LogP contribution in [0, 0.1) is 0 Å². The van der Waals surface area contributed by atoms with Crippen LogP contribution >= 0.6 is 0 Å². The molecule has 1 unspecified atom stereocenters. The van der Waals surface area contributed by atoms with Crippen LogP contribution < -0.4 is 5.32 Å². The quantitative estimate of drug-likeness (QED) is 0.791. The molecule has 2 N–H and O–H groups in total. The normalized spacial score (nSPS) is 19.8. The van der Waals surface area contributed by atoms with Crippen LogP contribution in [0.4, 0.5) is 0 Å². The average molecular weight is 222 g/mol. The lowest BCUT2D eigenvalue weighted by molar-refractivity contribution is 0.170. The molecule has 4 nitrogen and oxygen atoms in total. The maximum Gasteiger partial charge on any atom is 0.0922 e. The molecule has 2 rings (SSSR count). The lowest BCUT2D eigenvalue weighted by atomic mass is 10.1. The minimum absolute atomic E-state index is 0.642. The highest BCUT2D eigenvalue weighted by Crippen LogP contribution is 2.11. The Morgan fingerprint density at radius 3 is 2.94 bits per heavy atom. The molecule has 0 aliphatic carbocycles. The number of hydrogen-bond donors (Lipinski definition) is 2. The molecule has 2 heterocycles. The Morgan fingerprint density at radius 1 is 1.44 bits per heavy atom. The number of hydrogen-bond acceptors (Lipinski definition) is 3. The summed E-state index contributed by atoms with van der Waals surface area (Å²) >= 11 is 0. The zero-order valence-corrected chi connectivity index (χ0v) is 10.1. The summed E-state index contributed by atoms with van der Waals surface area (Å²) in [6.07, 6.45) is 7.74. The van der Waals surface area contributed by atoms with E-state index in [2.05, 4.69) is 27.1 Å². The predicted octanol–water partition coefficient (Wildman–Crippen LogP) is 1.37. The van der Waals surface area contributed by atoms with Crippen molar-refractivity contribution in [2.45, 2.75) is 38.8 Å². The average Bonchev–Trinajstić information content (AvgIpc) is 2.83. The summed E-state index contributed by atoms with van der Waals surface area (Å²) in [5, 5.41) is 3.47. The second kappa shape index (κ2) is 6.01. The lowest BCUT2D eigenvalue weighted by Crippen LogP contribution is -2.42. The van der Waals surface area contributed by atoms with E-state index in [-0.39, 0.29) is 0 Å². The molecule has 0 radical (unpaired) electrons. The van der Waals surface area contributed by atoms with Crippen LogP contribution in [0.25, 0.3) is 0 Å². The number of imidazole rings is 1. The molecule has 1 aliphatic heterocycles. The molecule has 16 heavy (non-hydrogen) atoms. The second-order valence-corrected chi connectivity index (χ2v) is 4.65. The van der Waals surface area contributed by atoms with Crippen molar-refractivity contribution in [3.05, 3.63) is 18.2 Å². The first kappa shape index (κ1) is 11.6. The van der Waals surface area contributed by atoms with Crippen LogP contribution in [0.5, 0.6) is 0 Å². The van der Waals surface area contributed by atoms with Crippen molar-refractivity contribution in [2.75, 3.05) is 19.6 Å². The summed E-state index contributed by atoms with van der Waals surface area (Å²) in [6, 6.07) is 0.642. The molecule has 4 heteroatoms. The smallest absolute Gasteiger partial charge is 0.0922 e. The third kappa shape index (κ3) is 3.32. The van der Waals surface area contributed by atoms with Crippen molar-refractivity contribution in [3.8, 4) is 0 Å². The Labute approximate surface area is 97.4 Å². The fourth-order valence-corrected chi connectivity index (χ4v) is 2.29. The molecule has 1 fully saturated rings. The standard InChI is InChI=1S/C12H22N4/c1-11(16-5-3-2-4-6-16)7-13-8-12-9-14-10-15-12/h9-11,13H,2-8H2,1H3,(H,14,15). The first-order valence-corrected chi connectivity index (χ1v) is 6.28. The monoisotopic (exact) mass is 222 g/mol. The molecule has 1 aliphatic rings. The van der Waals surface area contributed by atoms with Crippen molar-refractivity contribution in [3.63, 3.8) is 0 Å². The second-order valence-electron chi connectivity index (χ2n) is 4.65. The molecule has 0 aromatic carbocycles. The molecule has 0 spiro atoms. The van der Waals surface area contributed by atoms with Crippen LogP contribution in [0.15, 0.2) is 12.5 Å². The summed E-state index contributed by atoms with van der Waals surface area (Å²) in [5.41, 5.74) is 1.16. The fourth-order valence-electron chi connectivity index (χ4n) is 2.29. The van der Waals surface area contributed by atoms with Crippen molar-refractivity contribution in [1.82, 2.24) is 20.2 Å². The van der Waals surface area contributed by atoms with E-state index in [1.54, 1.807) is 6.33 Å². The Morgan fingerprint density at radius 2 is 2.25 bits per heavy atom. The Balaban J connectivity index is 1.65. The molecular formula is C12H22N4. The zero-order chi connectivity index (χ0) is 11.2. The van der Waals surface area contributed by atoms with Crippen LogP contribution in [0.1, 0.15) is 31.9 Å². The summed E-state index contributed by atoms with van der Waals surface area (Å²) in [4.78, 5) is 9.69. The van der Waals surface area contributed by atoms with E-state index in [4.69, 9.17) is 0 Å². The number of aromatic nitrogens is 2. The van der Waals surface area contributed by atoms with Gasteiger partial charge in [0.15, 0.2) is 0 Å². The summed E-state index contributed by atoms with van der Waals surface area (Å²) in [6.45, 7) is 6.79. The van der Waals surface area contributed by atoms with Gasteiger partial charge in [0.2, 0.25) is 0 Å². The number of aromatic amines is 1. The van der Waals surface area contributed by atoms with E-state index in [0.29, 0.717) is 6.04 Å². The van der Waals surface area contributed by atoms with Gasteiger partial charge in [0.1, 0.15) is 0 Å². The predicted molar refractivity (Wildman–Crippen MR) is 65.2 cm³/mol. The highest BCUT2D eigenvalue weighted by Gasteiger charge is 2.15. The van der Waals surface area contributed by atoms with Gasteiger partial charge in [-0.15, -0.1) is 0 Å². The molecule has 1 atom stereocenters. The van der Waals surface area contributed by atoms with Gasteiger partial charge in [-0.2, -0.15) is 0 Å². The first-order chi connectivity index (χ1) is 7.86. The van der Waals surface area contributed by atoms with Gasteiger partial charge in [-0.25, -0.2) is 4.98 Å². The van der Waals surface area contributed by atoms with E-state index < -0.39 is 0 Å². The van der Waals surface area contributed by atoms with Gasteiger partial charge >= 0.3 is 0 Å². The van der Waals surface area contributed by atoms with Gasteiger partial charge in [0.25, 0.3) is 0 Å². The van der Waals surface area contributed by atoms with Crippen LogP contribution in [-0.2, 0) is 6.54 Å². The van der Waals surface area contributed by atoms with Crippen LogP contribution in [0.2, 0.25) is 0 Å². The lowest BCUT2D eigenvalue weighted by Gasteiger charge is -2.32. The van der Waals surface area contributed by atoms with Crippen molar-refractivity contribution in [2.24, 2.45) is 0 Å². The summed E-state index contributed by atoms with van der Waals surface area (Å²) in [5.74, 6) is 0. The number of piperidine rings is 1. The molecule has 90 valence electrons.